The van der Waals surface area contributed by atoms with Gasteiger partial charge >= 0.3 is 12.3 Å². The second kappa shape index (κ2) is 4.94. The zero-order valence-electron chi connectivity index (χ0n) is 9.81. The third-order valence-corrected chi connectivity index (χ3v) is 2.93. The van der Waals surface area contributed by atoms with Crippen LogP contribution in [0.4, 0.5) is 23.7 Å². The summed E-state index contributed by atoms with van der Waals surface area (Å²) in [6.07, 6.45) is -2.89. The summed E-state index contributed by atoms with van der Waals surface area (Å²) < 4.78 is 37.7. The van der Waals surface area contributed by atoms with Crippen LogP contribution in [0.5, 0.6) is 0 Å². The fourth-order valence-corrected chi connectivity index (χ4v) is 2.04. The molecule has 19 heavy (non-hydrogen) atoms. The van der Waals surface area contributed by atoms with Gasteiger partial charge in [-0.15, -0.1) is 0 Å². The zero-order chi connectivity index (χ0) is 14.0. The number of halogens is 3. The van der Waals surface area contributed by atoms with Gasteiger partial charge in [0.1, 0.15) is 0 Å². The van der Waals surface area contributed by atoms with E-state index in [0.29, 0.717) is 25.2 Å². The van der Waals surface area contributed by atoms with Crippen molar-refractivity contribution < 1.29 is 23.1 Å². The van der Waals surface area contributed by atoms with Gasteiger partial charge in [-0.2, -0.15) is 13.2 Å². The lowest BCUT2D eigenvalue weighted by Crippen LogP contribution is -2.36. The van der Waals surface area contributed by atoms with Gasteiger partial charge in [-0.1, -0.05) is 0 Å². The Kier molecular flexibility index (Phi) is 3.50. The van der Waals surface area contributed by atoms with E-state index in [1.54, 1.807) is 4.90 Å². The summed E-state index contributed by atoms with van der Waals surface area (Å²) >= 11 is 0. The Morgan fingerprint density at radius 2 is 2.21 bits per heavy atom. The van der Waals surface area contributed by atoms with Crippen molar-refractivity contribution in [3.8, 4) is 0 Å². The summed E-state index contributed by atoms with van der Waals surface area (Å²) in [7, 11) is 0. The molecule has 1 unspecified atom stereocenters. The van der Waals surface area contributed by atoms with Gasteiger partial charge in [0.05, 0.1) is 23.5 Å². The molecule has 1 fully saturated rings. The van der Waals surface area contributed by atoms with E-state index in [2.05, 4.69) is 10.3 Å². The van der Waals surface area contributed by atoms with Crippen LogP contribution in [-0.2, 0) is 6.18 Å². The predicted octanol–water partition coefficient (Wildman–Crippen LogP) is 1.95. The van der Waals surface area contributed by atoms with E-state index < -0.39 is 17.8 Å². The largest absolute Gasteiger partial charge is 0.465 e. The number of aromatic nitrogens is 1. The highest BCUT2D eigenvalue weighted by atomic mass is 19.4. The monoisotopic (exact) mass is 275 g/mol. The molecule has 0 aliphatic carbocycles. The molecule has 0 bridgehead atoms. The first kappa shape index (κ1) is 13.4. The molecule has 104 valence electrons. The first-order valence-corrected chi connectivity index (χ1v) is 5.63. The molecule has 0 aromatic carbocycles. The standard InChI is InChI=1S/C11H12F3N3O2/c12-11(13,14)7-3-9(5-15-4-7)17-2-1-8(6-17)16-10(18)19/h3-5,8,16H,1-2,6H2,(H,18,19). The summed E-state index contributed by atoms with van der Waals surface area (Å²) in [4.78, 5) is 15.8. The van der Waals surface area contributed by atoms with Crippen LogP contribution in [0.3, 0.4) is 0 Å². The smallest absolute Gasteiger partial charge is 0.417 e. The maximum Gasteiger partial charge on any atom is 0.417 e. The summed E-state index contributed by atoms with van der Waals surface area (Å²) in [6, 6.07) is 0.753. The van der Waals surface area contributed by atoms with Crippen LogP contribution < -0.4 is 10.2 Å². The van der Waals surface area contributed by atoms with Gasteiger partial charge in [-0.25, -0.2) is 4.79 Å². The summed E-state index contributed by atoms with van der Waals surface area (Å²) in [5.74, 6) is 0. The zero-order valence-corrected chi connectivity index (χ0v) is 9.81. The molecule has 1 amide bonds. The number of hydrogen-bond donors (Lipinski definition) is 2. The average molecular weight is 275 g/mol. The normalized spacial score (nSPS) is 19.5. The molecule has 1 saturated heterocycles. The molecule has 1 aromatic rings. The fourth-order valence-electron chi connectivity index (χ4n) is 2.04. The van der Waals surface area contributed by atoms with Crippen molar-refractivity contribution in [1.82, 2.24) is 10.3 Å². The van der Waals surface area contributed by atoms with Gasteiger partial charge in [0.2, 0.25) is 0 Å². The topological polar surface area (TPSA) is 65.5 Å². The van der Waals surface area contributed by atoms with E-state index >= 15 is 0 Å². The van der Waals surface area contributed by atoms with E-state index in [-0.39, 0.29) is 6.04 Å². The molecule has 2 heterocycles. The molecule has 1 aliphatic heterocycles. The Morgan fingerprint density at radius 3 is 2.84 bits per heavy atom. The number of nitrogens with one attached hydrogen (secondary N) is 1. The molecule has 2 N–H and O–H groups in total. The van der Waals surface area contributed by atoms with Crippen molar-refractivity contribution in [2.45, 2.75) is 18.6 Å². The van der Waals surface area contributed by atoms with Crippen molar-refractivity contribution in [1.29, 1.82) is 0 Å². The molecule has 0 spiro atoms. The lowest BCUT2D eigenvalue weighted by molar-refractivity contribution is -0.137. The van der Waals surface area contributed by atoms with Crippen LogP contribution in [0.25, 0.3) is 0 Å². The molecule has 5 nitrogen and oxygen atoms in total. The number of pyridine rings is 1. The minimum atomic E-state index is -4.43. The third-order valence-electron chi connectivity index (χ3n) is 2.93. The Labute approximate surface area is 107 Å². The number of anilines is 1. The quantitative estimate of drug-likeness (QED) is 0.865. The average Bonchev–Trinajstić information content (AvgIpc) is 2.76. The fraction of sp³-hybridized carbons (Fsp3) is 0.455. The summed E-state index contributed by atoms with van der Waals surface area (Å²) in [6.45, 7) is 0.837. The number of alkyl halides is 3. The van der Waals surface area contributed by atoms with Crippen LogP contribution in [0.15, 0.2) is 18.5 Å². The molecule has 1 aliphatic rings. The summed E-state index contributed by atoms with van der Waals surface area (Å²) in [5.41, 5.74) is -0.454. The lowest BCUT2D eigenvalue weighted by Gasteiger charge is -2.19. The van der Waals surface area contributed by atoms with Gasteiger partial charge in [-0.05, 0) is 12.5 Å². The first-order valence-electron chi connectivity index (χ1n) is 5.63. The number of nitrogens with zero attached hydrogens (tertiary/aromatic N) is 2. The Bertz CT molecular complexity index is 478. The minimum absolute atomic E-state index is 0.271. The number of hydrogen-bond acceptors (Lipinski definition) is 3. The molecular weight excluding hydrogens is 263 g/mol. The van der Waals surface area contributed by atoms with E-state index in [0.717, 1.165) is 12.3 Å². The highest BCUT2D eigenvalue weighted by molar-refractivity contribution is 5.65. The molecule has 1 aromatic heterocycles. The number of carbonyl (C=O) groups is 1. The molecule has 8 heteroatoms. The molecule has 2 rings (SSSR count). The number of amides is 1. The van der Waals surface area contributed by atoms with Crippen LogP contribution in [0, 0.1) is 0 Å². The second-order valence-electron chi connectivity index (χ2n) is 4.31. The molecule has 1 atom stereocenters. The summed E-state index contributed by atoms with van der Waals surface area (Å²) in [5, 5.41) is 10.9. The highest BCUT2D eigenvalue weighted by Gasteiger charge is 2.32. The lowest BCUT2D eigenvalue weighted by atomic mass is 10.2. The minimum Gasteiger partial charge on any atom is -0.465 e. The van der Waals surface area contributed by atoms with Crippen molar-refractivity contribution in [3.63, 3.8) is 0 Å². The van der Waals surface area contributed by atoms with E-state index in [1.807, 2.05) is 0 Å². The van der Waals surface area contributed by atoms with Crippen molar-refractivity contribution in [3.05, 3.63) is 24.0 Å². The van der Waals surface area contributed by atoms with Crippen LogP contribution in [0.2, 0.25) is 0 Å². The predicted molar refractivity (Wildman–Crippen MR) is 61.0 cm³/mol. The second-order valence-corrected chi connectivity index (χ2v) is 4.31. The Hall–Kier alpha value is -1.99. The molecular formula is C11H12F3N3O2. The maximum atomic E-state index is 12.6. The van der Waals surface area contributed by atoms with Gasteiger partial charge in [-0.3, -0.25) is 4.98 Å². The van der Waals surface area contributed by atoms with Crippen LogP contribution >= 0.6 is 0 Å². The van der Waals surface area contributed by atoms with Crippen LogP contribution in [-0.4, -0.2) is 35.3 Å². The highest BCUT2D eigenvalue weighted by Crippen LogP contribution is 2.31. The molecule has 0 saturated carbocycles. The third kappa shape index (κ3) is 3.27. The van der Waals surface area contributed by atoms with Gasteiger partial charge in [0.25, 0.3) is 0 Å². The van der Waals surface area contributed by atoms with Gasteiger partial charge < -0.3 is 15.3 Å². The van der Waals surface area contributed by atoms with Crippen molar-refractivity contribution in [2.75, 3.05) is 18.0 Å². The number of carboxylic acid groups (broad SMARTS) is 1. The SMILES string of the molecule is O=C(O)NC1CCN(c2cncc(C(F)(F)F)c2)C1. The van der Waals surface area contributed by atoms with E-state index in [9.17, 15) is 18.0 Å². The van der Waals surface area contributed by atoms with Crippen molar-refractivity contribution >= 4 is 11.8 Å². The van der Waals surface area contributed by atoms with Crippen molar-refractivity contribution in [2.24, 2.45) is 0 Å². The number of rotatable bonds is 2. The maximum absolute atomic E-state index is 12.6. The van der Waals surface area contributed by atoms with Gasteiger partial charge in [0.15, 0.2) is 0 Å². The molecule has 0 radical (unpaired) electrons. The van der Waals surface area contributed by atoms with E-state index in [4.69, 9.17) is 5.11 Å². The Balaban J connectivity index is 2.09. The van der Waals surface area contributed by atoms with Crippen LogP contribution in [0.1, 0.15) is 12.0 Å². The van der Waals surface area contributed by atoms with E-state index in [1.165, 1.54) is 6.20 Å². The Morgan fingerprint density at radius 1 is 1.47 bits per heavy atom. The first-order chi connectivity index (χ1) is 8.86. The van der Waals surface area contributed by atoms with Gasteiger partial charge in [0, 0.05) is 19.3 Å².